The van der Waals surface area contributed by atoms with Gasteiger partial charge in [0, 0.05) is 26.1 Å². The minimum atomic E-state index is -1.54. The summed E-state index contributed by atoms with van der Waals surface area (Å²) < 4.78 is 41.0. The number of hydrogen-bond donors (Lipinski definition) is 1. The first kappa shape index (κ1) is 19.7. The molecule has 1 atom stereocenters. The number of carbonyl (C=O) groups excluding carboxylic acids is 2. The number of carbonyl (C=O) groups is 3. The second kappa shape index (κ2) is 8.20. The van der Waals surface area contributed by atoms with E-state index in [0.29, 0.717) is 25.0 Å². The number of benzene rings is 1. The molecular weight excluding hydrogens is 353 g/mol. The van der Waals surface area contributed by atoms with Gasteiger partial charge in [-0.15, -0.1) is 0 Å². The first-order chi connectivity index (χ1) is 12.2. The summed E-state index contributed by atoms with van der Waals surface area (Å²) >= 11 is 0. The van der Waals surface area contributed by atoms with Crippen molar-refractivity contribution in [3.05, 3.63) is 35.1 Å². The van der Waals surface area contributed by atoms with E-state index in [2.05, 4.69) is 0 Å². The lowest BCUT2D eigenvalue weighted by atomic mass is 10.1. The number of amides is 2. The second-order valence-electron chi connectivity index (χ2n) is 6.14. The molecule has 0 saturated carbocycles. The van der Waals surface area contributed by atoms with Crippen LogP contribution in [0.4, 0.5) is 13.2 Å². The van der Waals surface area contributed by atoms with Gasteiger partial charge in [0.25, 0.3) is 5.91 Å². The number of carboxylic acids is 1. The van der Waals surface area contributed by atoms with Gasteiger partial charge in [0.2, 0.25) is 5.91 Å². The van der Waals surface area contributed by atoms with Gasteiger partial charge in [0.15, 0.2) is 11.6 Å². The Morgan fingerprint density at radius 1 is 1.15 bits per heavy atom. The summed E-state index contributed by atoms with van der Waals surface area (Å²) in [6.07, 6.45) is 1.13. The molecule has 0 aliphatic carbocycles. The lowest BCUT2D eigenvalue weighted by Crippen LogP contribution is -2.43. The minimum Gasteiger partial charge on any atom is -0.480 e. The van der Waals surface area contributed by atoms with Crippen LogP contribution in [0.2, 0.25) is 0 Å². The van der Waals surface area contributed by atoms with E-state index in [4.69, 9.17) is 5.11 Å². The van der Waals surface area contributed by atoms with Gasteiger partial charge in [0.05, 0.1) is 0 Å². The van der Waals surface area contributed by atoms with Crippen LogP contribution in [-0.2, 0) is 9.59 Å². The van der Waals surface area contributed by atoms with Crippen molar-refractivity contribution in [3.63, 3.8) is 0 Å². The number of rotatable bonds is 4. The smallest absolute Gasteiger partial charge is 0.323 e. The van der Waals surface area contributed by atoms with Gasteiger partial charge in [-0.2, -0.15) is 0 Å². The van der Waals surface area contributed by atoms with Crippen LogP contribution in [0.15, 0.2) is 12.1 Å². The Balaban J connectivity index is 2.15. The third kappa shape index (κ3) is 4.33. The van der Waals surface area contributed by atoms with Crippen LogP contribution in [0.25, 0.3) is 0 Å². The van der Waals surface area contributed by atoms with E-state index in [1.165, 1.54) is 16.7 Å². The topological polar surface area (TPSA) is 77.9 Å². The Hall–Kier alpha value is -2.58. The largest absolute Gasteiger partial charge is 0.480 e. The zero-order valence-electron chi connectivity index (χ0n) is 14.2. The van der Waals surface area contributed by atoms with Gasteiger partial charge in [-0.3, -0.25) is 14.4 Å². The molecule has 0 aromatic heterocycles. The Morgan fingerprint density at radius 2 is 1.81 bits per heavy atom. The van der Waals surface area contributed by atoms with Gasteiger partial charge in [-0.25, -0.2) is 13.2 Å². The minimum absolute atomic E-state index is 0.0717. The molecule has 0 radical (unpaired) electrons. The molecule has 1 aliphatic rings. The molecule has 26 heavy (non-hydrogen) atoms. The predicted molar refractivity (Wildman–Crippen MR) is 84.9 cm³/mol. The highest BCUT2D eigenvalue weighted by Crippen LogP contribution is 2.22. The van der Waals surface area contributed by atoms with E-state index < -0.39 is 53.4 Å². The molecule has 1 unspecified atom stereocenters. The maximum Gasteiger partial charge on any atom is 0.323 e. The van der Waals surface area contributed by atoms with Crippen LogP contribution in [0, 0.1) is 17.5 Å². The number of halogens is 3. The van der Waals surface area contributed by atoms with Crippen molar-refractivity contribution < 1.29 is 32.7 Å². The molecule has 1 saturated heterocycles. The van der Waals surface area contributed by atoms with E-state index in [1.54, 1.807) is 0 Å². The first-order valence-corrected chi connectivity index (χ1v) is 8.14. The molecule has 1 aromatic carbocycles. The van der Waals surface area contributed by atoms with Gasteiger partial charge < -0.3 is 14.9 Å². The standard InChI is InChI=1S/C17H19F3N2O4/c1-10(23)22(9-14(24)25)11-3-2-7-21(8-6-11)17(26)15-12(18)4-5-13(19)16(15)20/h4-5,11H,2-3,6-9H2,1H3,(H,24,25). The molecule has 6 nitrogen and oxygen atoms in total. The summed E-state index contributed by atoms with van der Waals surface area (Å²) in [5.74, 6) is -6.52. The van der Waals surface area contributed by atoms with Crippen molar-refractivity contribution in [2.45, 2.75) is 32.2 Å². The zero-order chi connectivity index (χ0) is 19.4. The third-order valence-corrected chi connectivity index (χ3v) is 4.39. The summed E-state index contributed by atoms with van der Waals surface area (Å²) in [6.45, 7) is 1.04. The Kier molecular flexibility index (Phi) is 6.23. The van der Waals surface area contributed by atoms with Gasteiger partial charge >= 0.3 is 5.97 Å². The molecule has 0 spiro atoms. The quantitative estimate of drug-likeness (QED) is 0.821. The lowest BCUT2D eigenvalue weighted by Gasteiger charge is -2.29. The molecular formula is C17H19F3N2O4. The van der Waals surface area contributed by atoms with Crippen molar-refractivity contribution in [2.24, 2.45) is 0 Å². The fourth-order valence-electron chi connectivity index (χ4n) is 3.12. The number of carboxylic acid groups (broad SMARTS) is 1. The number of likely N-dealkylation sites (tertiary alicyclic amines) is 1. The highest BCUT2D eigenvalue weighted by atomic mass is 19.2. The second-order valence-corrected chi connectivity index (χ2v) is 6.14. The summed E-state index contributed by atoms with van der Waals surface area (Å²) in [5.41, 5.74) is -0.947. The highest BCUT2D eigenvalue weighted by molar-refractivity contribution is 5.94. The summed E-state index contributed by atoms with van der Waals surface area (Å²) in [7, 11) is 0. The van der Waals surface area contributed by atoms with E-state index in [1.807, 2.05) is 0 Å². The van der Waals surface area contributed by atoms with Crippen molar-refractivity contribution in [2.75, 3.05) is 19.6 Å². The molecule has 1 heterocycles. The van der Waals surface area contributed by atoms with Crippen LogP contribution < -0.4 is 0 Å². The van der Waals surface area contributed by atoms with Gasteiger partial charge in [-0.1, -0.05) is 0 Å². The predicted octanol–water partition coefficient (Wildman–Crippen LogP) is 2.03. The number of aliphatic carboxylic acids is 1. The lowest BCUT2D eigenvalue weighted by molar-refractivity contribution is -0.145. The molecule has 1 fully saturated rings. The third-order valence-electron chi connectivity index (χ3n) is 4.39. The van der Waals surface area contributed by atoms with Gasteiger partial charge in [0.1, 0.15) is 17.9 Å². The van der Waals surface area contributed by atoms with Crippen LogP contribution in [-0.4, -0.2) is 58.4 Å². The van der Waals surface area contributed by atoms with Crippen LogP contribution in [0.1, 0.15) is 36.5 Å². The van der Waals surface area contributed by atoms with Crippen LogP contribution >= 0.6 is 0 Å². The average molecular weight is 372 g/mol. The van der Waals surface area contributed by atoms with Crippen molar-refractivity contribution in [1.82, 2.24) is 9.80 Å². The van der Waals surface area contributed by atoms with E-state index in [9.17, 15) is 27.6 Å². The molecule has 1 N–H and O–H groups in total. The van der Waals surface area contributed by atoms with E-state index in [-0.39, 0.29) is 19.5 Å². The zero-order valence-corrected chi connectivity index (χ0v) is 14.2. The molecule has 142 valence electrons. The monoisotopic (exact) mass is 372 g/mol. The highest BCUT2D eigenvalue weighted by Gasteiger charge is 2.30. The molecule has 0 bridgehead atoms. The molecule has 2 rings (SSSR count). The van der Waals surface area contributed by atoms with E-state index >= 15 is 0 Å². The summed E-state index contributed by atoms with van der Waals surface area (Å²) in [4.78, 5) is 37.5. The summed E-state index contributed by atoms with van der Waals surface area (Å²) in [6, 6.07) is 0.899. The maximum absolute atomic E-state index is 13.8. The first-order valence-electron chi connectivity index (χ1n) is 8.14. The Labute approximate surface area is 148 Å². The summed E-state index contributed by atoms with van der Waals surface area (Å²) in [5, 5.41) is 8.93. The molecule has 2 amide bonds. The Morgan fingerprint density at radius 3 is 2.42 bits per heavy atom. The molecule has 1 aliphatic heterocycles. The maximum atomic E-state index is 13.8. The average Bonchev–Trinajstić information content (AvgIpc) is 2.82. The Bertz CT molecular complexity index is 726. The van der Waals surface area contributed by atoms with Crippen molar-refractivity contribution in [1.29, 1.82) is 0 Å². The van der Waals surface area contributed by atoms with E-state index in [0.717, 1.165) is 0 Å². The van der Waals surface area contributed by atoms with Crippen molar-refractivity contribution in [3.8, 4) is 0 Å². The fraction of sp³-hybridized carbons (Fsp3) is 0.471. The molecule has 9 heteroatoms. The molecule has 1 aromatic rings. The van der Waals surface area contributed by atoms with Crippen molar-refractivity contribution >= 4 is 17.8 Å². The van der Waals surface area contributed by atoms with Gasteiger partial charge in [-0.05, 0) is 31.4 Å². The number of hydrogen-bond acceptors (Lipinski definition) is 3. The fourth-order valence-corrected chi connectivity index (χ4v) is 3.12. The normalized spacial score (nSPS) is 17.5. The number of nitrogens with zero attached hydrogens (tertiary/aromatic N) is 2. The SMILES string of the molecule is CC(=O)N(CC(=O)O)C1CCCN(C(=O)c2c(F)ccc(F)c2F)CC1. The van der Waals surface area contributed by atoms with Crippen LogP contribution in [0.3, 0.4) is 0 Å². The van der Waals surface area contributed by atoms with Crippen LogP contribution in [0.5, 0.6) is 0 Å².